The average Bonchev–Trinajstić information content (AvgIpc) is 2.98. The lowest BCUT2D eigenvalue weighted by atomic mass is 9.97. The van der Waals surface area contributed by atoms with E-state index in [4.69, 9.17) is 0 Å². The highest BCUT2D eigenvalue weighted by Gasteiger charge is 2.48. The molecule has 0 aliphatic carbocycles. The highest BCUT2D eigenvalue weighted by molar-refractivity contribution is 5.26. The lowest BCUT2D eigenvalue weighted by Crippen LogP contribution is -2.37. The highest BCUT2D eigenvalue weighted by atomic mass is 15.3. The molecule has 2 saturated heterocycles. The van der Waals surface area contributed by atoms with Gasteiger partial charge in [0.25, 0.3) is 0 Å². The van der Waals surface area contributed by atoms with Gasteiger partial charge in [-0.15, -0.1) is 5.73 Å². The molecule has 0 bridgehead atoms. The minimum atomic E-state index is 0.600. The molecule has 1 N–H and O–H groups in total. The van der Waals surface area contributed by atoms with Crippen molar-refractivity contribution in [3.8, 4) is 0 Å². The predicted molar refractivity (Wildman–Crippen MR) is 63.6 cm³/mol. The zero-order chi connectivity index (χ0) is 10.8. The molecule has 0 aromatic carbocycles. The summed E-state index contributed by atoms with van der Waals surface area (Å²) >= 11 is 0. The van der Waals surface area contributed by atoms with E-state index in [1.54, 1.807) is 0 Å². The molecule has 2 heterocycles. The molecule has 0 spiro atoms. The fraction of sp³-hybridized carbons (Fsp3) is 0.769. The van der Waals surface area contributed by atoms with Crippen LogP contribution in [0.15, 0.2) is 17.5 Å². The highest BCUT2D eigenvalue weighted by Crippen LogP contribution is 2.34. The molecule has 3 atom stereocenters. The molecular weight excluding hydrogens is 184 g/mol. The van der Waals surface area contributed by atoms with E-state index in [1.165, 1.54) is 25.2 Å². The van der Waals surface area contributed by atoms with Gasteiger partial charge in [-0.05, 0) is 24.8 Å². The summed E-state index contributed by atoms with van der Waals surface area (Å²) in [4.78, 5) is 2.51. The van der Waals surface area contributed by atoms with E-state index in [-0.39, 0.29) is 0 Å². The van der Waals surface area contributed by atoms with Crippen molar-refractivity contribution in [3.05, 3.63) is 17.5 Å². The van der Waals surface area contributed by atoms with Gasteiger partial charge in [0, 0.05) is 19.1 Å². The zero-order valence-electron chi connectivity index (χ0n) is 10.1. The summed E-state index contributed by atoms with van der Waals surface area (Å²) in [6.45, 7) is 9.14. The Kier molecular flexibility index (Phi) is 3.18. The van der Waals surface area contributed by atoms with E-state index in [2.05, 4.69) is 42.8 Å². The first-order chi connectivity index (χ1) is 7.27. The van der Waals surface area contributed by atoms with Crippen LogP contribution >= 0.6 is 0 Å². The van der Waals surface area contributed by atoms with Crippen molar-refractivity contribution < 1.29 is 0 Å². The Morgan fingerprint density at radius 2 is 2.33 bits per heavy atom. The molecule has 15 heavy (non-hydrogen) atoms. The van der Waals surface area contributed by atoms with Crippen molar-refractivity contribution in [1.82, 2.24) is 10.2 Å². The third kappa shape index (κ3) is 2.11. The molecule has 2 aliphatic heterocycles. The summed E-state index contributed by atoms with van der Waals surface area (Å²) in [6, 6.07) is 1.33. The lowest BCUT2D eigenvalue weighted by Gasteiger charge is -2.32. The van der Waals surface area contributed by atoms with Crippen LogP contribution in [0.1, 0.15) is 33.6 Å². The topological polar surface area (TPSA) is 25.2 Å². The second-order valence-corrected chi connectivity index (χ2v) is 4.74. The van der Waals surface area contributed by atoms with Crippen LogP contribution in [0, 0.1) is 5.92 Å². The van der Waals surface area contributed by atoms with E-state index < -0.39 is 0 Å². The zero-order valence-corrected chi connectivity index (χ0v) is 10.1. The van der Waals surface area contributed by atoms with Gasteiger partial charge >= 0.3 is 0 Å². The number of rotatable bonds is 3. The van der Waals surface area contributed by atoms with E-state index >= 15 is 0 Å². The molecule has 0 saturated carbocycles. The maximum atomic E-state index is 3.57. The van der Waals surface area contributed by atoms with Gasteiger partial charge in [-0.25, -0.2) is 0 Å². The number of piperidine rings is 1. The van der Waals surface area contributed by atoms with Crippen LogP contribution < -0.4 is 5.32 Å². The van der Waals surface area contributed by atoms with Crippen molar-refractivity contribution in [2.24, 2.45) is 5.92 Å². The summed E-state index contributed by atoms with van der Waals surface area (Å²) in [6.07, 6.45) is 4.46. The Hall–Kier alpha value is -0.720. The van der Waals surface area contributed by atoms with Gasteiger partial charge in [-0.2, -0.15) is 0 Å². The van der Waals surface area contributed by atoms with Crippen LogP contribution in [0.3, 0.4) is 0 Å². The van der Waals surface area contributed by atoms with Gasteiger partial charge in [0.15, 0.2) is 0 Å². The maximum Gasteiger partial charge on any atom is 0.0750 e. The number of nitrogens with one attached hydrogen (secondary N) is 1. The van der Waals surface area contributed by atoms with Gasteiger partial charge in [0.1, 0.15) is 0 Å². The van der Waals surface area contributed by atoms with E-state index in [0.29, 0.717) is 6.04 Å². The Balaban J connectivity index is 2.15. The molecule has 0 aromatic rings. The third-order valence-electron chi connectivity index (χ3n) is 3.33. The van der Waals surface area contributed by atoms with E-state index in [9.17, 15) is 0 Å². The third-order valence-corrected chi connectivity index (χ3v) is 3.33. The van der Waals surface area contributed by atoms with Crippen LogP contribution in [0.5, 0.6) is 0 Å². The Labute approximate surface area is 93.0 Å². The summed E-state index contributed by atoms with van der Waals surface area (Å²) in [5.74, 6) is 0.786. The fourth-order valence-electron chi connectivity index (χ4n) is 2.52. The summed E-state index contributed by atoms with van der Waals surface area (Å²) in [5.41, 5.74) is 4.88. The molecule has 0 aromatic heterocycles. The van der Waals surface area contributed by atoms with E-state index in [1.807, 2.05) is 0 Å². The van der Waals surface area contributed by atoms with Crippen molar-refractivity contribution in [2.75, 3.05) is 13.1 Å². The number of hydrogen-bond donors (Lipinski definition) is 1. The predicted octanol–water partition coefficient (Wildman–Crippen LogP) is 2.14. The fourth-order valence-corrected chi connectivity index (χ4v) is 2.52. The van der Waals surface area contributed by atoms with Crippen LogP contribution in [0.25, 0.3) is 0 Å². The second kappa shape index (κ2) is 4.42. The number of likely N-dealkylation sites (tertiary alicyclic amines) is 1. The molecular formula is C13H22N2. The van der Waals surface area contributed by atoms with Crippen molar-refractivity contribution >= 4 is 0 Å². The normalized spacial score (nSPS) is 33.4. The average molecular weight is 206 g/mol. The Bertz CT molecular complexity index is 289. The minimum Gasteiger partial charge on any atom is -0.367 e. The van der Waals surface area contributed by atoms with Crippen LogP contribution in [0.2, 0.25) is 0 Å². The van der Waals surface area contributed by atoms with Gasteiger partial charge < -0.3 is 10.2 Å². The van der Waals surface area contributed by atoms with Gasteiger partial charge in [0.05, 0.1) is 11.7 Å². The van der Waals surface area contributed by atoms with Crippen LogP contribution in [-0.4, -0.2) is 30.1 Å². The van der Waals surface area contributed by atoms with Crippen LogP contribution in [-0.2, 0) is 0 Å². The number of hydrogen-bond acceptors (Lipinski definition) is 2. The SMILES string of the molecule is CCC=C=C1C2NC2C(C)CN1CCC. The maximum absolute atomic E-state index is 3.57. The molecule has 2 heteroatoms. The van der Waals surface area contributed by atoms with Crippen LogP contribution in [0.4, 0.5) is 0 Å². The number of fused-ring (bicyclic) bond motifs is 1. The lowest BCUT2D eigenvalue weighted by molar-refractivity contribution is 0.262. The largest absolute Gasteiger partial charge is 0.367 e. The van der Waals surface area contributed by atoms with E-state index in [0.717, 1.165) is 18.4 Å². The number of nitrogens with zero attached hydrogens (tertiary/aromatic N) is 1. The quantitative estimate of drug-likeness (QED) is 0.565. The van der Waals surface area contributed by atoms with Gasteiger partial charge in [0.2, 0.25) is 0 Å². The first-order valence-corrected chi connectivity index (χ1v) is 6.24. The first kappa shape index (κ1) is 10.8. The summed E-state index contributed by atoms with van der Waals surface area (Å²) in [5, 5.41) is 3.57. The Morgan fingerprint density at radius 1 is 1.53 bits per heavy atom. The smallest absolute Gasteiger partial charge is 0.0750 e. The molecule has 0 radical (unpaired) electrons. The van der Waals surface area contributed by atoms with Gasteiger partial charge in [-0.3, -0.25) is 0 Å². The molecule has 2 rings (SSSR count). The first-order valence-electron chi connectivity index (χ1n) is 6.24. The standard InChI is InChI=1S/C13H22N2/c1-4-6-7-11-13-12(14-13)10(3)9-15(11)8-5-2/h6,10,12-14H,4-5,8-9H2,1-3H3. The Morgan fingerprint density at radius 3 is 3.00 bits per heavy atom. The van der Waals surface area contributed by atoms with Crippen molar-refractivity contribution in [2.45, 2.75) is 45.7 Å². The molecule has 2 fully saturated rings. The molecule has 0 amide bonds. The van der Waals surface area contributed by atoms with Gasteiger partial charge in [-0.1, -0.05) is 20.8 Å². The summed E-state index contributed by atoms with van der Waals surface area (Å²) in [7, 11) is 0. The summed E-state index contributed by atoms with van der Waals surface area (Å²) < 4.78 is 0. The molecule has 3 unspecified atom stereocenters. The van der Waals surface area contributed by atoms with Crippen molar-refractivity contribution in [3.63, 3.8) is 0 Å². The molecule has 2 aliphatic rings. The molecule has 2 nitrogen and oxygen atoms in total. The minimum absolute atomic E-state index is 0.600. The van der Waals surface area contributed by atoms with Crippen molar-refractivity contribution in [1.29, 1.82) is 0 Å². The monoisotopic (exact) mass is 206 g/mol. The second-order valence-electron chi connectivity index (χ2n) is 4.74. The molecule has 84 valence electrons.